The van der Waals surface area contributed by atoms with Crippen LogP contribution in [-0.4, -0.2) is 52.8 Å². The molecule has 1 heterocycles. The smallest absolute Gasteiger partial charge is 0.308 e. The molecular formula is C15H24N2O4. The Kier molecular flexibility index (Phi) is 6.94. The van der Waals surface area contributed by atoms with E-state index in [1.165, 1.54) is 0 Å². The zero-order chi connectivity index (χ0) is 15.8. The molecule has 0 spiro atoms. The molecule has 0 fully saturated rings. The lowest BCUT2D eigenvalue weighted by Crippen LogP contribution is -2.38. The molecule has 1 rings (SSSR count). The molecule has 0 saturated carbocycles. The van der Waals surface area contributed by atoms with Gasteiger partial charge in [0.1, 0.15) is 5.69 Å². The molecule has 21 heavy (non-hydrogen) atoms. The molecule has 0 aliphatic heterocycles. The summed E-state index contributed by atoms with van der Waals surface area (Å²) in [7, 11) is 1.80. The van der Waals surface area contributed by atoms with E-state index in [1.54, 1.807) is 41.8 Å². The van der Waals surface area contributed by atoms with Gasteiger partial charge in [-0.25, -0.2) is 0 Å². The molecule has 1 N–H and O–H groups in total. The minimum absolute atomic E-state index is 0.146. The summed E-state index contributed by atoms with van der Waals surface area (Å²) in [5.41, 5.74) is 0.559. The van der Waals surface area contributed by atoms with Gasteiger partial charge < -0.3 is 19.3 Å². The second-order valence-corrected chi connectivity index (χ2v) is 5.05. The molecule has 0 aliphatic rings. The number of amides is 1. The van der Waals surface area contributed by atoms with Crippen molar-refractivity contribution >= 4 is 11.9 Å². The first-order chi connectivity index (χ1) is 9.97. The van der Waals surface area contributed by atoms with Crippen LogP contribution in [0.3, 0.4) is 0 Å². The molecule has 1 aromatic rings. The monoisotopic (exact) mass is 296 g/mol. The van der Waals surface area contributed by atoms with Crippen LogP contribution >= 0.6 is 0 Å². The lowest BCUT2D eigenvalue weighted by atomic mass is 10.1. The molecule has 1 atom stereocenters. The summed E-state index contributed by atoms with van der Waals surface area (Å²) in [4.78, 5) is 25.1. The van der Waals surface area contributed by atoms with Gasteiger partial charge in [-0.15, -0.1) is 0 Å². The van der Waals surface area contributed by atoms with Crippen LogP contribution in [0.25, 0.3) is 0 Å². The van der Waals surface area contributed by atoms with Crippen LogP contribution in [0, 0.1) is 5.92 Å². The lowest BCUT2D eigenvalue weighted by molar-refractivity contribution is -0.141. The van der Waals surface area contributed by atoms with E-state index < -0.39 is 11.9 Å². The largest absolute Gasteiger partial charge is 0.481 e. The third-order valence-electron chi connectivity index (χ3n) is 3.29. The van der Waals surface area contributed by atoms with E-state index >= 15 is 0 Å². The Morgan fingerprint density at radius 2 is 2.19 bits per heavy atom. The fraction of sp³-hybridized carbons (Fsp3) is 0.600. The van der Waals surface area contributed by atoms with E-state index in [-0.39, 0.29) is 12.5 Å². The first kappa shape index (κ1) is 17.2. The molecule has 118 valence electrons. The maximum atomic E-state index is 12.5. The molecule has 6 nitrogen and oxygen atoms in total. The summed E-state index contributed by atoms with van der Waals surface area (Å²) in [6, 6.07) is 3.54. The first-order valence-electron chi connectivity index (χ1n) is 7.18. The molecule has 0 radical (unpaired) electrons. The molecule has 1 aromatic heterocycles. The van der Waals surface area contributed by atoms with Gasteiger partial charge in [0, 0.05) is 39.5 Å². The van der Waals surface area contributed by atoms with Crippen molar-refractivity contribution in [2.75, 3.05) is 26.3 Å². The third kappa shape index (κ3) is 5.23. The van der Waals surface area contributed by atoms with Gasteiger partial charge in [0.2, 0.25) is 0 Å². The fourth-order valence-corrected chi connectivity index (χ4v) is 2.03. The molecular weight excluding hydrogens is 272 g/mol. The van der Waals surface area contributed by atoms with Gasteiger partial charge in [0.05, 0.1) is 5.92 Å². The molecule has 0 aromatic carbocycles. The van der Waals surface area contributed by atoms with E-state index in [1.807, 2.05) is 6.92 Å². The van der Waals surface area contributed by atoms with Crippen LogP contribution in [0.2, 0.25) is 0 Å². The summed E-state index contributed by atoms with van der Waals surface area (Å²) < 4.78 is 7.01. The third-order valence-corrected chi connectivity index (χ3v) is 3.29. The SMILES string of the molecule is CCOCCCN(CC(C)C(=O)O)C(=O)c1cccn1C. The predicted octanol–water partition coefficient (Wildman–Crippen LogP) is 1.61. The van der Waals surface area contributed by atoms with E-state index in [2.05, 4.69) is 0 Å². The Balaban J connectivity index is 2.73. The summed E-state index contributed by atoms with van der Waals surface area (Å²) in [5.74, 6) is -1.64. The maximum absolute atomic E-state index is 12.5. The normalized spacial score (nSPS) is 12.1. The van der Waals surface area contributed by atoms with Gasteiger partial charge in [0.25, 0.3) is 5.91 Å². The number of carbonyl (C=O) groups is 2. The van der Waals surface area contributed by atoms with Crippen LogP contribution in [-0.2, 0) is 16.6 Å². The molecule has 0 aliphatic carbocycles. The molecule has 6 heteroatoms. The summed E-state index contributed by atoms with van der Waals surface area (Å²) in [6.07, 6.45) is 2.49. The van der Waals surface area contributed by atoms with Crippen LogP contribution in [0.15, 0.2) is 18.3 Å². The van der Waals surface area contributed by atoms with E-state index in [4.69, 9.17) is 9.84 Å². The predicted molar refractivity (Wildman–Crippen MR) is 79.2 cm³/mol. The second kappa shape index (κ2) is 8.46. The number of nitrogens with zero attached hydrogens (tertiary/aromatic N) is 2. The van der Waals surface area contributed by atoms with Crippen molar-refractivity contribution in [2.24, 2.45) is 13.0 Å². The molecule has 0 saturated heterocycles. The number of aliphatic carboxylic acids is 1. The number of carboxylic acid groups (broad SMARTS) is 1. The Bertz CT molecular complexity index is 470. The number of hydrogen-bond donors (Lipinski definition) is 1. The van der Waals surface area contributed by atoms with Gasteiger partial charge in [0.15, 0.2) is 0 Å². The molecule has 1 amide bonds. The van der Waals surface area contributed by atoms with Crippen molar-refractivity contribution < 1.29 is 19.4 Å². The zero-order valence-electron chi connectivity index (χ0n) is 12.9. The number of carbonyl (C=O) groups excluding carboxylic acids is 1. The van der Waals surface area contributed by atoms with Crippen LogP contribution in [0.1, 0.15) is 30.8 Å². The van der Waals surface area contributed by atoms with E-state index in [0.717, 1.165) is 0 Å². The van der Waals surface area contributed by atoms with Crippen molar-refractivity contribution in [1.29, 1.82) is 0 Å². The van der Waals surface area contributed by atoms with Gasteiger partial charge >= 0.3 is 5.97 Å². The van der Waals surface area contributed by atoms with Gasteiger partial charge in [-0.05, 0) is 25.5 Å². The number of carboxylic acids is 1. The molecule has 1 unspecified atom stereocenters. The summed E-state index contributed by atoms with van der Waals surface area (Å²) in [5, 5.41) is 9.04. The van der Waals surface area contributed by atoms with Crippen LogP contribution in [0.5, 0.6) is 0 Å². The maximum Gasteiger partial charge on any atom is 0.308 e. The van der Waals surface area contributed by atoms with Crippen molar-refractivity contribution in [1.82, 2.24) is 9.47 Å². The highest BCUT2D eigenvalue weighted by Gasteiger charge is 2.22. The second-order valence-electron chi connectivity index (χ2n) is 5.05. The summed E-state index contributed by atoms with van der Waals surface area (Å²) in [6.45, 7) is 5.41. The Morgan fingerprint density at radius 1 is 1.48 bits per heavy atom. The number of hydrogen-bond acceptors (Lipinski definition) is 3. The van der Waals surface area contributed by atoms with E-state index in [9.17, 15) is 9.59 Å². The Morgan fingerprint density at radius 3 is 2.71 bits per heavy atom. The minimum atomic E-state index is -0.899. The minimum Gasteiger partial charge on any atom is -0.481 e. The number of aryl methyl sites for hydroxylation is 1. The quantitative estimate of drug-likeness (QED) is 0.703. The summed E-state index contributed by atoms with van der Waals surface area (Å²) >= 11 is 0. The lowest BCUT2D eigenvalue weighted by Gasteiger charge is -2.24. The Hall–Kier alpha value is -1.82. The van der Waals surface area contributed by atoms with Crippen LogP contribution in [0.4, 0.5) is 0 Å². The van der Waals surface area contributed by atoms with Gasteiger partial charge in [-0.1, -0.05) is 6.92 Å². The van der Waals surface area contributed by atoms with Crippen molar-refractivity contribution in [3.05, 3.63) is 24.0 Å². The first-order valence-corrected chi connectivity index (χ1v) is 7.18. The van der Waals surface area contributed by atoms with Crippen molar-refractivity contribution in [3.8, 4) is 0 Å². The average Bonchev–Trinajstić information content (AvgIpc) is 2.87. The zero-order valence-corrected chi connectivity index (χ0v) is 12.9. The number of aromatic nitrogens is 1. The van der Waals surface area contributed by atoms with Crippen molar-refractivity contribution in [2.45, 2.75) is 20.3 Å². The van der Waals surface area contributed by atoms with Gasteiger partial charge in [-0.2, -0.15) is 0 Å². The van der Waals surface area contributed by atoms with Crippen molar-refractivity contribution in [3.63, 3.8) is 0 Å². The van der Waals surface area contributed by atoms with Crippen LogP contribution < -0.4 is 0 Å². The standard InChI is InChI=1S/C15H24N2O4/c1-4-21-10-6-9-17(11-12(2)15(19)20)14(18)13-7-5-8-16(13)3/h5,7-8,12H,4,6,9-11H2,1-3H3,(H,19,20). The highest BCUT2D eigenvalue weighted by atomic mass is 16.5. The highest BCUT2D eigenvalue weighted by molar-refractivity contribution is 5.93. The molecule has 0 bridgehead atoms. The van der Waals surface area contributed by atoms with Gasteiger partial charge in [-0.3, -0.25) is 9.59 Å². The average molecular weight is 296 g/mol. The number of ether oxygens (including phenoxy) is 1. The number of rotatable bonds is 9. The topological polar surface area (TPSA) is 71.8 Å². The highest BCUT2D eigenvalue weighted by Crippen LogP contribution is 2.09. The van der Waals surface area contributed by atoms with E-state index in [0.29, 0.717) is 31.9 Å². The fourth-order valence-electron chi connectivity index (χ4n) is 2.03. The Labute approximate surface area is 125 Å².